The largest absolute Gasteiger partial charge is 0.291 e. The van der Waals surface area contributed by atoms with Gasteiger partial charge in [-0.3, -0.25) is 9.59 Å². The molecule has 0 N–H and O–H groups in total. The summed E-state index contributed by atoms with van der Waals surface area (Å²) in [4.78, 5) is 22.5. The molecular formula is C16H14O2. The van der Waals surface area contributed by atoms with Crippen LogP contribution in [0.2, 0.25) is 0 Å². The van der Waals surface area contributed by atoms with Gasteiger partial charge in [-0.2, -0.15) is 0 Å². The van der Waals surface area contributed by atoms with Gasteiger partial charge in [-0.1, -0.05) is 54.1 Å². The van der Waals surface area contributed by atoms with Gasteiger partial charge < -0.3 is 0 Å². The van der Waals surface area contributed by atoms with Crippen LogP contribution in [0.1, 0.15) is 22.8 Å². The first-order valence-corrected chi connectivity index (χ1v) is 5.80. The van der Waals surface area contributed by atoms with Gasteiger partial charge in [0, 0.05) is 12.5 Å². The SMILES string of the molecule is CC(=O)C(=O)c1ccc(-c2ccc(C)cc2)cc1. The molecule has 2 aromatic rings. The minimum Gasteiger partial charge on any atom is -0.291 e. The van der Waals surface area contributed by atoms with Gasteiger partial charge in [0.1, 0.15) is 0 Å². The number of carbonyl (C=O) groups is 2. The van der Waals surface area contributed by atoms with Crippen LogP contribution in [0.15, 0.2) is 48.5 Å². The predicted molar refractivity (Wildman–Crippen MR) is 71.6 cm³/mol. The van der Waals surface area contributed by atoms with E-state index in [0.717, 1.165) is 11.1 Å². The summed E-state index contributed by atoms with van der Waals surface area (Å²) in [6.45, 7) is 3.33. The van der Waals surface area contributed by atoms with Crippen LogP contribution in [0.3, 0.4) is 0 Å². The van der Waals surface area contributed by atoms with Gasteiger partial charge >= 0.3 is 0 Å². The highest BCUT2D eigenvalue weighted by atomic mass is 16.2. The number of hydrogen-bond acceptors (Lipinski definition) is 2. The van der Waals surface area contributed by atoms with E-state index in [9.17, 15) is 9.59 Å². The first kappa shape index (κ1) is 12.2. The van der Waals surface area contributed by atoms with Crippen LogP contribution in [0.4, 0.5) is 0 Å². The van der Waals surface area contributed by atoms with Crippen molar-refractivity contribution in [3.05, 3.63) is 59.7 Å². The Morgan fingerprint density at radius 3 is 1.67 bits per heavy atom. The second-order valence-electron chi connectivity index (χ2n) is 4.33. The monoisotopic (exact) mass is 238 g/mol. The summed E-state index contributed by atoms with van der Waals surface area (Å²) in [6.07, 6.45) is 0. The summed E-state index contributed by atoms with van der Waals surface area (Å²) < 4.78 is 0. The van der Waals surface area contributed by atoms with Gasteiger partial charge in [-0.15, -0.1) is 0 Å². The van der Waals surface area contributed by atoms with Crippen LogP contribution in [-0.4, -0.2) is 11.6 Å². The molecule has 0 bridgehead atoms. The summed E-state index contributed by atoms with van der Waals surface area (Å²) in [5, 5.41) is 0. The molecule has 2 nitrogen and oxygen atoms in total. The molecule has 0 saturated heterocycles. The molecule has 18 heavy (non-hydrogen) atoms. The van der Waals surface area contributed by atoms with Crippen molar-refractivity contribution in [2.45, 2.75) is 13.8 Å². The highest BCUT2D eigenvalue weighted by molar-refractivity contribution is 6.42. The molecule has 0 aliphatic rings. The van der Waals surface area contributed by atoms with Gasteiger partial charge in [0.2, 0.25) is 5.78 Å². The molecule has 0 amide bonds. The lowest BCUT2D eigenvalue weighted by molar-refractivity contribution is -0.113. The highest BCUT2D eigenvalue weighted by Gasteiger charge is 2.10. The maximum atomic E-state index is 11.5. The third-order valence-corrected chi connectivity index (χ3v) is 2.85. The summed E-state index contributed by atoms with van der Waals surface area (Å²) in [7, 11) is 0. The first-order valence-electron chi connectivity index (χ1n) is 5.80. The Morgan fingerprint density at radius 1 is 0.778 bits per heavy atom. The van der Waals surface area contributed by atoms with Crippen LogP contribution >= 0.6 is 0 Å². The second kappa shape index (κ2) is 4.96. The van der Waals surface area contributed by atoms with Crippen LogP contribution in [0, 0.1) is 6.92 Å². The fourth-order valence-electron chi connectivity index (χ4n) is 1.76. The molecule has 0 unspecified atom stereocenters. The highest BCUT2D eigenvalue weighted by Crippen LogP contribution is 2.20. The van der Waals surface area contributed by atoms with Gasteiger partial charge in [0.05, 0.1) is 0 Å². The summed E-state index contributed by atoms with van der Waals surface area (Å²) in [5.41, 5.74) is 3.79. The standard InChI is InChI=1S/C16H14O2/c1-11-3-5-13(6-4-11)14-7-9-15(10-8-14)16(18)12(2)17/h3-10H,1-2H3. The van der Waals surface area contributed by atoms with E-state index < -0.39 is 11.6 Å². The number of ketones is 2. The van der Waals surface area contributed by atoms with Crippen LogP contribution in [0.25, 0.3) is 11.1 Å². The molecule has 0 heterocycles. The van der Waals surface area contributed by atoms with E-state index in [1.54, 1.807) is 12.1 Å². The quantitative estimate of drug-likeness (QED) is 0.606. The number of benzene rings is 2. The Bertz CT molecular complexity index is 577. The lowest BCUT2D eigenvalue weighted by atomic mass is 10.0. The van der Waals surface area contributed by atoms with Crippen molar-refractivity contribution in [2.75, 3.05) is 0 Å². The zero-order valence-electron chi connectivity index (χ0n) is 10.4. The molecule has 0 saturated carbocycles. The lowest BCUT2D eigenvalue weighted by Gasteiger charge is -2.03. The average Bonchev–Trinajstić information content (AvgIpc) is 2.39. The van der Waals surface area contributed by atoms with Crippen LogP contribution in [0.5, 0.6) is 0 Å². The third kappa shape index (κ3) is 2.54. The Morgan fingerprint density at radius 2 is 1.22 bits per heavy atom. The minimum absolute atomic E-state index is 0.432. The average molecular weight is 238 g/mol. The maximum Gasteiger partial charge on any atom is 0.228 e. The third-order valence-electron chi connectivity index (χ3n) is 2.85. The van der Waals surface area contributed by atoms with E-state index in [4.69, 9.17) is 0 Å². The van der Waals surface area contributed by atoms with Crippen molar-refractivity contribution in [3.8, 4) is 11.1 Å². The molecule has 90 valence electrons. The zero-order valence-corrected chi connectivity index (χ0v) is 10.4. The van der Waals surface area contributed by atoms with Crippen molar-refractivity contribution in [1.29, 1.82) is 0 Å². The molecule has 0 aliphatic heterocycles. The minimum atomic E-state index is -0.439. The van der Waals surface area contributed by atoms with Crippen molar-refractivity contribution in [3.63, 3.8) is 0 Å². The Kier molecular flexibility index (Phi) is 3.38. The van der Waals surface area contributed by atoms with Crippen LogP contribution < -0.4 is 0 Å². The number of rotatable bonds is 3. The Balaban J connectivity index is 2.30. The van der Waals surface area contributed by atoms with Crippen molar-refractivity contribution in [2.24, 2.45) is 0 Å². The molecule has 0 aromatic heterocycles. The first-order chi connectivity index (χ1) is 8.58. The van der Waals surface area contributed by atoms with E-state index in [2.05, 4.69) is 0 Å². The smallest absolute Gasteiger partial charge is 0.228 e. The summed E-state index contributed by atoms with van der Waals surface area (Å²) in [6, 6.07) is 15.3. The van der Waals surface area contributed by atoms with Gasteiger partial charge in [0.25, 0.3) is 0 Å². The fourth-order valence-corrected chi connectivity index (χ4v) is 1.76. The van der Waals surface area contributed by atoms with E-state index >= 15 is 0 Å². The Hall–Kier alpha value is -2.22. The molecule has 0 radical (unpaired) electrons. The second-order valence-corrected chi connectivity index (χ2v) is 4.33. The van der Waals surface area contributed by atoms with Crippen molar-refractivity contribution < 1.29 is 9.59 Å². The molecule has 0 atom stereocenters. The summed E-state index contributed by atoms with van der Waals surface area (Å²) >= 11 is 0. The topological polar surface area (TPSA) is 34.1 Å². The number of Topliss-reactive ketones (excluding diaryl/α,β-unsaturated/α-hetero) is 2. The molecular weight excluding hydrogens is 224 g/mol. The van der Waals surface area contributed by atoms with Gasteiger partial charge in [0.15, 0.2) is 5.78 Å². The van der Waals surface area contributed by atoms with Gasteiger partial charge in [-0.25, -0.2) is 0 Å². The Labute approximate surface area is 106 Å². The lowest BCUT2D eigenvalue weighted by Crippen LogP contribution is -2.09. The fraction of sp³-hybridized carbons (Fsp3) is 0.125. The normalized spacial score (nSPS) is 10.1. The molecule has 0 fully saturated rings. The molecule has 0 spiro atoms. The zero-order chi connectivity index (χ0) is 13.1. The van der Waals surface area contributed by atoms with Crippen molar-refractivity contribution >= 4 is 11.6 Å². The van der Waals surface area contributed by atoms with E-state index in [1.807, 2.05) is 43.3 Å². The maximum absolute atomic E-state index is 11.5. The van der Waals surface area contributed by atoms with Crippen LogP contribution in [-0.2, 0) is 4.79 Å². The van der Waals surface area contributed by atoms with E-state index in [-0.39, 0.29) is 0 Å². The predicted octanol–water partition coefficient (Wildman–Crippen LogP) is 3.43. The molecule has 0 aliphatic carbocycles. The molecule has 2 rings (SSSR count). The number of carbonyl (C=O) groups excluding carboxylic acids is 2. The molecule has 2 aromatic carbocycles. The van der Waals surface area contributed by atoms with E-state index in [1.165, 1.54) is 12.5 Å². The van der Waals surface area contributed by atoms with Gasteiger partial charge in [-0.05, 0) is 18.1 Å². The van der Waals surface area contributed by atoms with Crippen molar-refractivity contribution in [1.82, 2.24) is 0 Å². The number of hydrogen-bond donors (Lipinski definition) is 0. The summed E-state index contributed by atoms with van der Waals surface area (Å²) in [5.74, 6) is -0.872. The number of aryl methyl sites for hydroxylation is 1. The van der Waals surface area contributed by atoms with E-state index in [0.29, 0.717) is 5.56 Å². The molecule has 2 heteroatoms.